The van der Waals surface area contributed by atoms with Crippen LogP contribution in [0, 0.1) is 10.1 Å². The molecule has 0 fully saturated rings. The molecule has 0 aliphatic rings. The quantitative estimate of drug-likeness (QED) is 0.403. The summed E-state index contributed by atoms with van der Waals surface area (Å²) >= 11 is 0.989. The fourth-order valence-electron chi connectivity index (χ4n) is 2.20. The van der Waals surface area contributed by atoms with Crippen molar-refractivity contribution in [3.8, 4) is 0 Å². The van der Waals surface area contributed by atoms with Crippen LogP contribution in [0.2, 0.25) is 0 Å². The number of fused-ring (bicyclic) bond motifs is 1. The van der Waals surface area contributed by atoms with Crippen molar-refractivity contribution < 1.29 is 9.72 Å². The lowest BCUT2D eigenvalue weighted by Crippen LogP contribution is -2.25. The van der Waals surface area contributed by atoms with Gasteiger partial charge in [-0.2, -0.15) is 5.10 Å². The molecule has 3 aromatic rings. The number of carbonyl (C=O) groups is 1. The molecule has 0 saturated heterocycles. The van der Waals surface area contributed by atoms with Gasteiger partial charge in [0.05, 0.1) is 22.6 Å². The minimum absolute atomic E-state index is 0.0331. The molecule has 126 valence electrons. The number of hydrogen-bond acceptors (Lipinski definition) is 6. The van der Waals surface area contributed by atoms with Crippen molar-refractivity contribution in [3.05, 3.63) is 69.6 Å². The van der Waals surface area contributed by atoms with Crippen LogP contribution in [0.25, 0.3) is 10.8 Å². The zero-order chi connectivity index (χ0) is 17.6. The first kappa shape index (κ1) is 16.6. The summed E-state index contributed by atoms with van der Waals surface area (Å²) in [5, 5.41) is 19.7. The van der Waals surface area contributed by atoms with Crippen molar-refractivity contribution in [2.75, 3.05) is 11.9 Å². The van der Waals surface area contributed by atoms with Crippen LogP contribution in [0.5, 0.6) is 0 Å². The van der Waals surface area contributed by atoms with Crippen molar-refractivity contribution >= 4 is 44.9 Å². The molecule has 7 nitrogen and oxygen atoms in total. The molecule has 0 spiro atoms. The Morgan fingerprint density at radius 1 is 1.16 bits per heavy atom. The molecule has 0 radical (unpaired) electrons. The molecule has 0 saturated carbocycles. The van der Waals surface area contributed by atoms with E-state index in [9.17, 15) is 14.9 Å². The zero-order valence-corrected chi connectivity index (χ0v) is 13.8. The summed E-state index contributed by atoms with van der Waals surface area (Å²) < 4.78 is 0. The third-order valence-corrected chi connectivity index (χ3v) is 4.35. The molecule has 1 heterocycles. The summed E-state index contributed by atoms with van der Waals surface area (Å²) in [5.74, 6) is -0.310. The molecule has 0 aliphatic carbocycles. The van der Waals surface area contributed by atoms with Crippen molar-refractivity contribution in [2.24, 2.45) is 5.10 Å². The largest absolute Gasteiger partial charge is 0.376 e. The standard InChI is InChI=1S/C17H14N4O3S/c22-16(20-19-10-15-7-8-17(25-15)21(23)24)11-18-14-6-5-12-3-1-2-4-13(12)9-14/h1-10,18H,11H2,(H,20,22). The number of thiophene rings is 1. The Labute approximate surface area is 147 Å². The summed E-state index contributed by atoms with van der Waals surface area (Å²) in [5.41, 5.74) is 3.22. The molecule has 8 heteroatoms. The number of nitro groups is 1. The number of hydrazone groups is 1. The Kier molecular flexibility index (Phi) is 5.00. The molecule has 3 rings (SSSR count). The molecule has 25 heavy (non-hydrogen) atoms. The van der Waals surface area contributed by atoms with E-state index >= 15 is 0 Å². The lowest BCUT2D eigenvalue weighted by atomic mass is 10.1. The first-order valence-electron chi connectivity index (χ1n) is 7.40. The topological polar surface area (TPSA) is 96.6 Å². The number of nitrogens with zero attached hydrogens (tertiary/aromatic N) is 2. The highest BCUT2D eigenvalue weighted by molar-refractivity contribution is 7.16. The predicted molar refractivity (Wildman–Crippen MR) is 99.1 cm³/mol. The van der Waals surface area contributed by atoms with E-state index in [1.54, 1.807) is 6.07 Å². The van der Waals surface area contributed by atoms with Gasteiger partial charge in [-0.3, -0.25) is 14.9 Å². The van der Waals surface area contributed by atoms with Gasteiger partial charge < -0.3 is 5.32 Å². The number of benzene rings is 2. The van der Waals surface area contributed by atoms with Gasteiger partial charge in [0, 0.05) is 11.8 Å². The van der Waals surface area contributed by atoms with Gasteiger partial charge in [0.15, 0.2) is 0 Å². The van der Waals surface area contributed by atoms with Crippen molar-refractivity contribution in [1.82, 2.24) is 5.43 Å². The van der Waals surface area contributed by atoms with Crippen LogP contribution < -0.4 is 10.7 Å². The molecule has 0 bridgehead atoms. The highest BCUT2D eigenvalue weighted by atomic mass is 32.1. The molecule has 2 N–H and O–H groups in total. The van der Waals surface area contributed by atoms with Gasteiger partial charge >= 0.3 is 5.00 Å². The second-order valence-corrected chi connectivity index (χ2v) is 6.24. The van der Waals surface area contributed by atoms with Gasteiger partial charge in [0.2, 0.25) is 0 Å². The Balaban J connectivity index is 1.51. The second-order valence-electron chi connectivity index (χ2n) is 5.14. The average Bonchev–Trinajstić information content (AvgIpc) is 3.09. The maximum absolute atomic E-state index is 11.8. The summed E-state index contributed by atoms with van der Waals surface area (Å²) in [4.78, 5) is 22.5. The lowest BCUT2D eigenvalue weighted by Gasteiger charge is -2.06. The van der Waals surface area contributed by atoms with Gasteiger partial charge in [-0.05, 0) is 29.0 Å². The van der Waals surface area contributed by atoms with Gasteiger partial charge in [0.25, 0.3) is 5.91 Å². The van der Waals surface area contributed by atoms with Crippen LogP contribution in [-0.4, -0.2) is 23.6 Å². The number of carbonyl (C=O) groups excluding carboxylic acids is 1. The number of anilines is 1. The number of amides is 1. The molecule has 0 unspecified atom stereocenters. The normalized spacial score (nSPS) is 10.9. The number of rotatable bonds is 6. The summed E-state index contributed by atoms with van der Waals surface area (Å²) in [6.45, 7) is 0.0697. The highest BCUT2D eigenvalue weighted by Gasteiger charge is 2.08. The third kappa shape index (κ3) is 4.39. The fourth-order valence-corrected chi connectivity index (χ4v) is 2.89. The second kappa shape index (κ2) is 7.54. The van der Waals surface area contributed by atoms with E-state index in [1.165, 1.54) is 12.3 Å². The van der Waals surface area contributed by atoms with Gasteiger partial charge in [0.1, 0.15) is 0 Å². The van der Waals surface area contributed by atoms with Crippen LogP contribution in [0.15, 0.2) is 59.7 Å². The third-order valence-electron chi connectivity index (χ3n) is 3.38. The van der Waals surface area contributed by atoms with Gasteiger partial charge in [-0.15, -0.1) is 0 Å². The van der Waals surface area contributed by atoms with Crippen molar-refractivity contribution in [2.45, 2.75) is 0 Å². The molecule has 0 atom stereocenters. The molecular formula is C17H14N4O3S. The maximum atomic E-state index is 11.8. The van der Waals surface area contributed by atoms with Crippen LogP contribution in [0.1, 0.15) is 4.88 Å². The van der Waals surface area contributed by atoms with Crippen LogP contribution >= 0.6 is 11.3 Å². The van der Waals surface area contributed by atoms with Crippen molar-refractivity contribution in [1.29, 1.82) is 0 Å². The van der Waals surface area contributed by atoms with E-state index in [1.807, 2.05) is 42.5 Å². The molecular weight excluding hydrogens is 340 g/mol. The minimum atomic E-state index is -0.464. The Bertz CT molecular complexity index is 952. The smallest absolute Gasteiger partial charge is 0.324 e. The molecule has 1 amide bonds. The number of hydrogen-bond donors (Lipinski definition) is 2. The van der Waals surface area contributed by atoms with E-state index in [0.29, 0.717) is 4.88 Å². The summed E-state index contributed by atoms with van der Waals surface area (Å²) in [7, 11) is 0. The first-order valence-corrected chi connectivity index (χ1v) is 8.22. The SMILES string of the molecule is O=C(CNc1ccc2ccccc2c1)NN=Cc1ccc([N+](=O)[O-])s1. The molecule has 0 aliphatic heterocycles. The number of nitrogens with one attached hydrogen (secondary N) is 2. The Morgan fingerprint density at radius 3 is 2.72 bits per heavy atom. The first-order chi connectivity index (χ1) is 12.1. The van der Waals surface area contributed by atoms with Gasteiger partial charge in [-0.1, -0.05) is 41.7 Å². The van der Waals surface area contributed by atoms with E-state index in [4.69, 9.17) is 0 Å². The predicted octanol–water partition coefficient (Wildman–Crippen LogP) is 3.37. The fraction of sp³-hybridized carbons (Fsp3) is 0.0588. The van der Waals surface area contributed by atoms with Crippen molar-refractivity contribution in [3.63, 3.8) is 0 Å². The lowest BCUT2D eigenvalue weighted by molar-refractivity contribution is -0.380. The van der Waals surface area contributed by atoms with E-state index in [0.717, 1.165) is 27.8 Å². The van der Waals surface area contributed by atoms with E-state index in [2.05, 4.69) is 15.8 Å². The average molecular weight is 354 g/mol. The van der Waals surface area contributed by atoms with Crippen LogP contribution in [-0.2, 0) is 4.79 Å². The zero-order valence-electron chi connectivity index (χ0n) is 13.0. The van der Waals surface area contributed by atoms with Gasteiger partial charge in [-0.25, -0.2) is 5.43 Å². The summed E-state index contributed by atoms with van der Waals surface area (Å²) in [6, 6.07) is 16.8. The molecule has 2 aromatic carbocycles. The minimum Gasteiger partial charge on any atom is -0.376 e. The monoisotopic (exact) mass is 354 g/mol. The van der Waals surface area contributed by atoms with E-state index < -0.39 is 4.92 Å². The van der Waals surface area contributed by atoms with Crippen LogP contribution in [0.3, 0.4) is 0 Å². The Hall–Kier alpha value is -3.26. The summed E-state index contributed by atoms with van der Waals surface area (Å²) in [6.07, 6.45) is 1.38. The van der Waals surface area contributed by atoms with Crippen LogP contribution in [0.4, 0.5) is 10.7 Å². The Morgan fingerprint density at radius 2 is 1.96 bits per heavy atom. The highest BCUT2D eigenvalue weighted by Crippen LogP contribution is 2.22. The molecule has 1 aromatic heterocycles. The maximum Gasteiger partial charge on any atom is 0.324 e. The van der Waals surface area contributed by atoms with E-state index in [-0.39, 0.29) is 17.5 Å².